The minimum Gasteiger partial charge on any atom is -0.301 e. The van der Waals surface area contributed by atoms with Gasteiger partial charge in [-0.2, -0.15) is 0 Å². The number of carbonyl (C=O) groups excluding carboxylic acids is 1. The number of nitrogens with zero attached hydrogens (tertiary/aromatic N) is 2. The number of Topliss-reactive ketones (excluding diaryl/α,β-unsaturated/α-hetero) is 1. The van der Waals surface area contributed by atoms with E-state index in [9.17, 15) is 4.79 Å². The summed E-state index contributed by atoms with van der Waals surface area (Å²) in [6.07, 6.45) is 6.51. The van der Waals surface area contributed by atoms with Crippen molar-refractivity contribution >= 4 is 5.78 Å². The van der Waals surface area contributed by atoms with Gasteiger partial charge in [0.1, 0.15) is 5.78 Å². The molecule has 1 heterocycles. The van der Waals surface area contributed by atoms with Crippen LogP contribution in [0.1, 0.15) is 45.6 Å². The van der Waals surface area contributed by atoms with E-state index in [0.717, 1.165) is 32.4 Å². The van der Waals surface area contributed by atoms with Crippen molar-refractivity contribution in [2.75, 3.05) is 13.6 Å². The fourth-order valence-corrected chi connectivity index (χ4v) is 3.32. The van der Waals surface area contributed by atoms with Crippen molar-refractivity contribution in [2.24, 2.45) is 17.3 Å². The van der Waals surface area contributed by atoms with Crippen molar-refractivity contribution in [2.45, 2.75) is 46.6 Å². The smallest absolute Gasteiger partial charge is 0.137 e. The monoisotopic (exact) mass is 288 g/mol. The first-order valence-electron chi connectivity index (χ1n) is 7.96. The molecule has 1 aliphatic rings. The number of hydrogen-bond donors (Lipinski definition) is 0. The summed E-state index contributed by atoms with van der Waals surface area (Å²) in [5.41, 5.74) is 1.56. The van der Waals surface area contributed by atoms with Crippen LogP contribution in [0.15, 0.2) is 24.5 Å². The van der Waals surface area contributed by atoms with Crippen LogP contribution in [0.25, 0.3) is 0 Å². The molecular formula is C18H28N2O. The van der Waals surface area contributed by atoms with Gasteiger partial charge in [-0.05, 0) is 48.9 Å². The first-order valence-corrected chi connectivity index (χ1v) is 7.96. The Kier molecular flexibility index (Phi) is 5.15. The molecule has 3 nitrogen and oxygen atoms in total. The standard InChI is InChI=1S/C18H28N2O/c1-18(2,3)16-5-6-17(21)15(11-16)13-20(4)12-14-7-9-19-10-8-14/h7-10,15-16H,5-6,11-13H2,1-4H3. The fraction of sp³-hybridized carbons (Fsp3) is 0.667. The van der Waals surface area contributed by atoms with Gasteiger partial charge in [0.15, 0.2) is 0 Å². The second kappa shape index (κ2) is 6.69. The van der Waals surface area contributed by atoms with Crippen LogP contribution in [0.2, 0.25) is 0 Å². The highest BCUT2D eigenvalue weighted by molar-refractivity contribution is 5.82. The number of hydrogen-bond acceptors (Lipinski definition) is 3. The topological polar surface area (TPSA) is 33.2 Å². The van der Waals surface area contributed by atoms with Gasteiger partial charge in [0.25, 0.3) is 0 Å². The summed E-state index contributed by atoms with van der Waals surface area (Å²) >= 11 is 0. The van der Waals surface area contributed by atoms with Gasteiger partial charge >= 0.3 is 0 Å². The summed E-state index contributed by atoms with van der Waals surface area (Å²) in [6.45, 7) is 8.64. The molecule has 3 heteroatoms. The van der Waals surface area contributed by atoms with Crippen LogP contribution < -0.4 is 0 Å². The van der Waals surface area contributed by atoms with E-state index in [2.05, 4.69) is 37.7 Å². The number of ketones is 1. The zero-order valence-electron chi connectivity index (χ0n) is 13.8. The molecule has 2 atom stereocenters. The van der Waals surface area contributed by atoms with Crippen molar-refractivity contribution in [1.82, 2.24) is 9.88 Å². The van der Waals surface area contributed by atoms with E-state index in [1.54, 1.807) is 0 Å². The van der Waals surface area contributed by atoms with Gasteiger partial charge in [0.2, 0.25) is 0 Å². The third kappa shape index (κ3) is 4.63. The molecule has 0 bridgehead atoms. The Balaban J connectivity index is 1.92. The summed E-state index contributed by atoms with van der Waals surface area (Å²) in [5.74, 6) is 1.32. The van der Waals surface area contributed by atoms with Crippen LogP contribution in [-0.2, 0) is 11.3 Å². The molecule has 1 fully saturated rings. The van der Waals surface area contributed by atoms with Gasteiger partial charge in [0, 0.05) is 37.8 Å². The van der Waals surface area contributed by atoms with E-state index in [1.807, 2.05) is 24.5 Å². The van der Waals surface area contributed by atoms with E-state index in [0.29, 0.717) is 17.1 Å². The fourth-order valence-electron chi connectivity index (χ4n) is 3.32. The van der Waals surface area contributed by atoms with E-state index in [4.69, 9.17) is 0 Å². The molecule has 21 heavy (non-hydrogen) atoms. The number of pyridine rings is 1. The summed E-state index contributed by atoms with van der Waals surface area (Å²) in [7, 11) is 2.11. The zero-order valence-corrected chi connectivity index (χ0v) is 13.8. The second-order valence-corrected chi connectivity index (χ2v) is 7.55. The van der Waals surface area contributed by atoms with Gasteiger partial charge in [-0.15, -0.1) is 0 Å². The van der Waals surface area contributed by atoms with E-state index < -0.39 is 0 Å². The predicted molar refractivity (Wildman–Crippen MR) is 85.9 cm³/mol. The number of carbonyl (C=O) groups is 1. The molecule has 0 aromatic carbocycles. The maximum absolute atomic E-state index is 12.2. The molecule has 1 aromatic heterocycles. The molecule has 0 N–H and O–H groups in total. The molecule has 2 rings (SSSR count). The lowest BCUT2D eigenvalue weighted by Crippen LogP contribution is -2.37. The van der Waals surface area contributed by atoms with Crippen LogP contribution in [-0.4, -0.2) is 29.3 Å². The Hall–Kier alpha value is -1.22. The third-order valence-corrected chi connectivity index (χ3v) is 4.72. The molecule has 0 amide bonds. The van der Waals surface area contributed by atoms with Gasteiger partial charge < -0.3 is 4.90 Å². The lowest BCUT2D eigenvalue weighted by Gasteiger charge is -2.38. The molecular weight excluding hydrogens is 260 g/mol. The number of rotatable bonds is 4. The highest BCUT2D eigenvalue weighted by atomic mass is 16.1. The maximum atomic E-state index is 12.2. The first kappa shape index (κ1) is 16.2. The Labute approximate surface area is 128 Å². The lowest BCUT2D eigenvalue weighted by molar-refractivity contribution is -0.127. The van der Waals surface area contributed by atoms with Gasteiger partial charge in [-0.25, -0.2) is 0 Å². The highest BCUT2D eigenvalue weighted by Crippen LogP contribution is 2.39. The average Bonchev–Trinajstić information content (AvgIpc) is 2.41. The highest BCUT2D eigenvalue weighted by Gasteiger charge is 2.35. The molecule has 1 saturated carbocycles. The van der Waals surface area contributed by atoms with Crippen LogP contribution in [0.5, 0.6) is 0 Å². The summed E-state index contributed by atoms with van der Waals surface area (Å²) < 4.78 is 0. The summed E-state index contributed by atoms with van der Waals surface area (Å²) in [4.78, 5) is 18.5. The van der Waals surface area contributed by atoms with Crippen LogP contribution in [0, 0.1) is 17.3 Å². The first-order chi connectivity index (χ1) is 9.86. The van der Waals surface area contributed by atoms with Crippen LogP contribution in [0.4, 0.5) is 0 Å². The number of aromatic nitrogens is 1. The molecule has 1 aromatic rings. The molecule has 0 radical (unpaired) electrons. The molecule has 0 saturated heterocycles. The predicted octanol–water partition coefficient (Wildman–Crippen LogP) is 3.54. The normalized spacial score (nSPS) is 23.6. The van der Waals surface area contributed by atoms with Crippen molar-refractivity contribution in [3.05, 3.63) is 30.1 Å². The summed E-state index contributed by atoms with van der Waals surface area (Å²) in [6, 6.07) is 4.08. The molecule has 0 spiro atoms. The van der Waals surface area contributed by atoms with Crippen molar-refractivity contribution in [3.63, 3.8) is 0 Å². The maximum Gasteiger partial charge on any atom is 0.137 e. The molecule has 2 unspecified atom stereocenters. The Bertz CT molecular complexity index is 464. The van der Waals surface area contributed by atoms with Gasteiger partial charge in [-0.1, -0.05) is 20.8 Å². The second-order valence-electron chi connectivity index (χ2n) is 7.55. The Morgan fingerprint density at radius 1 is 1.29 bits per heavy atom. The molecule has 1 aliphatic carbocycles. The SMILES string of the molecule is CN(Cc1ccncc1)CC1CC(C(C)(C)C)CCC1=O. The van der Waals surface area contributed by atoms with Crippen LogP contribution >= 0.6 is 0 Å². The van der Waals surface area contributed by atoms with E-state index in [-0.39, 0.29) is 5.92 Å². The van der Waals surface area contributed by atoms with Crippen molar-refractivity contribution in [3.8, 4) is 0 Å². The molecule has 116 valence electrons. The largest absolute Gasteiger partial charge is 0.301 e. The van der Waals surface area contributed by atoms with Crippen molar-refractivity contribution in [1.29, 1.82) is 0 Å². The van der Waals surface area contributed by atoms with Crippen molar-refractivity contribution < 1.29 is 4.79 Å². The lowest BCUT2D eigenvalue weighted by atomic mass is 9.68. The summed E-state index contributed by atoms with van der Waals surface area (Å²) in [5, 5.41) is 0. The Morgan fingerprint density at radius 3 is 2.57 bits per heavy atom. The van der Waals surface area contributed by atoms with Gasteiger partial charge in [0.05, 0.1) is 0 Å². The zero-order chi connectivity index (χ0) is 15.5. The van der Waals surface area contributed by atoms with Crippen LogP contribution in [0.3, 0.4) is 0 Å². The molecule has 0 aliphatic heterocycles. The Morgan fingerprint density at radius 2 is 1.95 bits per heavy atom. The van der Waals surface area contributed by atoms with E-state index >= 15 is 0 Å². The minimum atomic E-state index is 0.204. The third-order valence-electron chi connectivity index (χ3n) is 4.72. The minimum absolute atomic E-state index is 0.204. The van der Waals surface area contributed by atoms with Gasteiger partial charge in [-0.3, -0.25) is 9.78 Å². The quantitative estimate of drug-likeness (QED) is 0.849. The average molecular weight is 288 g/mol. The van der Waals surface area contributed by atoms with E-state index in [1.165, 1.54) is 5.56 Å².